The van der Waals surface area contributed by atoms with Gasteiger partial charge in [0.15, 0.2) is 0 Å². The van der Waals surface area contributed by atoms with Gasteiger partial charge in [0, 0.05) is 20.7 Å². The van der Waals surface area contributed by atoms with E-state index < -0.39 is 0 Å². The molecule has 0 aromatic carbocycles. The van der Waals surface area contributed by atoms with Crippen LogP contribution in [0, 0.1) is 5.92 Å². The summed E-state index contributed by atoms with van der Waals surface area (Å²) in [7, 11) is 3.45. The summed E-state index contributed by atoms with van der Waals surface area (Å²) in [5.74, 6) is 0.0863. The molecule has 0 aromatic heterocycles. The maximum atomic E-state index is 12.0. The number of likely N-dealkylation sites (N-methyl/N-ethyl adjacent to an activating group) is 1. The number of carbonyl (C=O) groups is 1. The van der Waals surface area contributed by atoms with Gasteiger partial charge in [-0.15, -0.1) is 0 Å². The fourth-order valence-electron chi connectivity index (χ4n) is 1.55. The first kappa shape index (κ1) is 14.4. The molecular formula is C11H24N2O2. The van der Waals surface area contributed by atoms with Gasteiger partial charge in [-0.1, -0.05) is 13.3 Å². The van der Waals surface area contributed by atoms with Gasteiger partial charge in [0.1, 0.15) is 0 Å². The number of ether oxygens (including phenoxy) is 1. The van der Waals surface area contributed by atoms with Gasteiger partial charge in [-0.25, -0.2) is 0 Å². The molecule has 2 N–H and O–H groups in total. The number of hydrogen-bond donors (Lipinski definition) is 1. The number of hydrogen-bond acceptors (Lipinski definition) is 3. The second kappa shape index (κ2) is 7.65. The number of nitrogens with zero attached hydrogens (tertiary/aromatic N) is 1. The van der Waals surface area contributed by atoms with E-state index >= 15 is 0 Å². The molecule has 0 aliphatic rings. The van der Waals surface area contributed by atoms with E-state index in [0.717, 1.165) is 12.8 Å². The van der Waals surface area contributed by atoms with Gasteiger partial charge in [-0.2, -0.15) is 0 Å². The first-order valence-electron chi connectivity index (χ1n) is 5.54. The van der Waals surface area contributed by atoms with Crippen molar-refractivity contribution in [2.24, 2.45) is 11.7 Å². The predicted molar refractivity (Wildman–Crippen MR) is 61.6 cm³/mol. The summed E-state index contributed by atoms with van der Waals surface area (Å²) >= 11 is 0. The maximum absolute atomic E-state index is 12.0. The Morgan fingerprint density at radius 3 is 2.53 bits per heavy atom. The lowest BCUT2D eigenvalue weighted by Crippen LogP contribution is -2.43. The van der Waals surface area contributed by atoms with E-state index in [1.165, 1.54) is 0 Å². The zero-order valence-electron chi connectivity index (χ0n) is 10.3. The molecule has 0 heterocycles. The van der Waals surface area contributed by atoms with Crippen LogP contribution in [0.2, 0.25) is 0 Å². The molecule has 0 bridgehead atoms. The van der Waals surface area contributed by atoms with Gasteiger partial charge in [0.05, 0.1) is 18.6 Å². The first-order valence-corrected chi connectivity index (χ1v) is 5.54. The van der Waals surface area contributed by atoms with E-state index in [1.54, 1.807) is 12.0 Å². The van der Waals surface area contributed by atoms with E-state index in [1.807, 2.05) is 14.0 Å². The lowest BCUT2D eigenvalue weighted by Gasteiger charge is -2.28. The molecule has 0 aromatic rings. The van der Waals surface area contributed by atoms with Crippen LogP contribution in [0.1, 0.15) is 26.7 Å². The van der Waals surface area contributed by atoms with Crippen molar-refractivity contribution in [1.82, 2.24) is 4.90 Å². The zero-order chi connectivity index (χ0) is 11.8. The summed E-state index contributed by atoms with van der Waals surface area (Å²) in [5, 5.41) is 0. The van der Waals surface area contributed by atoms with Crippen molar-refractivity contribution in [3.8, 4) is 0 Å². The minimum absolute atomic E-state index is 0.0423. The molecule has 4 heteroatoms. The van der Waals surface area contributed by atoms with E-state index in [-0.39, 0.29) is 17.9 Å². The summed E-state index contributed by atoms with van der Waals surface area (Å²) in [6.07, 6.45) is 1.85. The average Bonchev–Trinajstić information content (AvgIpc) is 2.24. The molecule has 1 amide bonds. The van der Waals surface area contributed by atoms with Gasteiger partial charge in [-0.3, -0.25) is 4.79 Å². The highest BCUT2D eigenvalue weighted by Gasteiger charge is 2.22. The first-order chi connectivity index (χ1) is 7.08. The third-order valence-electron chi connectivity index (χ3n) is 2.69. The van der Waals surface area contributed by atoms with Gasteiger partial charge in [0.2, 0.25) is 5.91 Å². The molecular weight excluding hydrogens is 192 g/mol. The Kier molecular flexibility index (Phi) is 7.34. The number of rotatable bonds is 7. The topological polar surface area (TPSA) is 55.6 Å². The molecule has 0 aliphatic heterocycles. The Bertz CT molecular complexity index is 185. The Hall–Kier alpha value is -0.610. The Labute approximate surface area is 92.8 Å². The zero-order valence-corrected chi connectivity index (χ0v) is 10.3. The van der Waals surface area contributed by atoms with Crippen molar-refractivity contribution in [2.45, 2.75) is 32.7 Å². The molecule has 0 spiro atoms. The smallest absolute Gasteiger partial charge is 0.227 e. The lowest BCUT2D eigenvalue weighted by molar-refractivity contribution is -0.136. The highest BCUT2D eigenvalue weighted by atomic mass is 16.5. The van der Waals surface area contributed by atoms with E-state index in [4.69, 9.17) is 10.5 Å². The molecule has 2 unspecified atom stereocenters. The lowest BCUT2D eigenvalue weighted by atomic mass is 10.0. The Balaban J connectivity index is 4.26. The van der Waals surface area contributed by atoms with Crippen LogP contribution in [0.4, 0.5) is 0 Å². The number of amides is 1. The largest absolute Gasteiger partial charge is 0.383 e. The van der Waals surface area contributed by atoms with E-state index in [2.05, 4.69) is 6.92 Å². The summed E-state index contributed by atoms with van der Waals surface area (Å²) in [6, 6.07) is 0.105. The molecule has 0 fully saturated rings. The molecule has 0 radical (unpaired) electrons. The van der Waals surface area contributed by atoms with Crippen LogP contribution in [0.25, 0.3) is 0 Å². The summed E-state index contributed by atoms with van der Waals surface area (Å²) in [4.78, 5) is 13.7. The van der Waals surface area contributed by atoms with Crippen LogP contribution in [0.3, 0.4) is 0 Å². The van der Waals surface area contributed by atoms with Crippen LogP contribution in [0.15, 0.2) is 0 Å². The summed E-state index contributed by atoms with van der Waals surface area (Å²) < 4.78 is 5.02. The monoisotopic (exact) mass is 216 g/mol. The molecule has 90 valence electrons. The summed E-state index contributed by atoms with van der Waals surface area (Å²) in [5.41, 5.74) is 5.59. The van der Waals surface area contributed by atoms with Crippen molar-refractivity contribution in [2.75, 3.05) is 27.3 Å². The van der Waals surface area contributed by atoms with Crippen molar-refractivity contribution < 1.29 is 9.53 Å². The van der Waals surface area contributed by atoms with Gasteiger partial charge < -0.3 is 15.4 Å². The highest BCUT2D eigenvalue weighted by Crippen LogP contribution is 2.10. The Morgan fingerprint density at radius 2 is 2.13 bits per heavy atom. The maximum Gasteiger partial charge on any atom is 0.227 e. The van der Waals surface area contributed by atoms with Crippen LogP contribution >= 0.6 is 0 Å². The number of nitrogens with two attached hydrogens (primary N) is 1. The molecule has 0 saturated heterocycles. The fourth-order valence-corrected chi connectivity index (χ4v) is 1.55. The fraction of sp³-hybridized carbons (Fsp3) is 0.909. The standard InChI is InChI=1S/C11H24N2O2/c1-5-6-10(7-12)11(14)13(3)9(2)8-15-4/h9-10H,5-8,12H2,1-4H3. The Morgan fingerprint density at radius 1 is 1.53 bits per heavy atom. The highest BCUT2D eigenvalue weighted by molar-refractivity contribution is 5.79. The van der Waals surface area contributed by atoms with Crippen LogP contribution in [-0.2, 0) is 9.53 Å². The molecule has 15 heavy (non-hydrogen) atoms. The van der Waals surface area contributed by atoms with Gasteiger partial charge in [0.25, 0.3) is 0 Å². The van der Waals surface area contributed by atoms with Crippen LogP contribution in [0.5, 0.6) is 0 Å². The summed E-state index contributed by atoms with van der Waals surface area (Å²) in [6.45, 7) is 5.03. The second-order valence-corrected chi connectivity index (χ2v) is 3.97. The SMILES string of the molecule is CCCC(CN)C(=O)N(C)C(C)COC. The van der Waals surface area contributed by atoms with Crippen LogP contribution in [-0.4, -0.2) is 44.2 Å². The van der Waals surface area contributed by atoms with E-state index in [0.29, 0.717) is 13.2 Å². The van der Waals surface area contributed by atoms with Gasteiger partial charge in [-0.05, 0) is 13.3 Å². The van der Waals surface area contributed by atoms with Crippen LogP contribution < -0.4 is 5.73 Å². The van der Waals surface area contributed by atoms with Crippen molar-refractivity contribution in [3.63, 3.8) is 0 Å². The molecule has 2 atom stereocenters. The number of methoxy groups -OCH3 is 1. The molecule has 4 nitrogen and oxygen atoms in total. The normalized spacial score (nSPS) is 14.7. The van der Waals surface area contributed by atoms with Crippen molar-refractivity contribution in [1.29, 1.82) is 0 Å². The van der Waals surface area contributed by atoms with Gasteiger partial charge >= 0.3 is 0 Å². The van der Waals surface area contributed by atoms with E-state index in [9.17, 15) is 4.79 Å². The average molecular weight is 216 g/mol. The quantitative estimate of drug-likeness (QED) is 0.686. The van der Waals surface area contributed by atoms with Crippen molar-refractivity contribution in [3.05, 3.63) is 0 Å². The molecule has 0 rings (SSSR count). The minimum Gasteiger partial charge on any atom is -0.383 e. The number of carbonyl (C=O) groups excluding carboxylic acids is 1. The predicted octanol–water partition coefficient (Wildman–Crippen LogP) is 0.855. The molecule has 0 aliphatic carbocycles. The third-order valence-corrected chi connectivity index (χ3v) is 2.69. The molecule has 0 saturated carbocycles. The minimum atomic E-state index is -0.0423. The van der Waals surface area contributed by atoms with Crippen molar-refractivity contribution >= 4 is 5.91 Å². The second-order valence-electron chi connectivity index (χ2n) is 3.97. The third kappa shape index (κ3) is 4.62.